The lowest BCUT2D eigenvalue weighted by Gasteiger charge is -2.22. The van der Waals surface area contributed by atoms with Crippen LogP contribution >= 0.6 is 0 Å². The average molecular weight is 306 g/mol. The van der Waals surface area contributed by atoms with Crippen molar-refractivity contribution >= 4 is 11.0 Å². The first-order valence-corrected chi connectivity index (χ1v) is 7.90. The largest absolute Gasteiger partial charge is 0.349 e. The Balaban J connectivity index is 1.70. The van der Waals surface area contributed by atoms with Gasteiger partial charge in [-0.1, -0.05) is 0 Å². The highest BCUT2D eigenvalue weighted by Crippen LogP contribution is 2.31. The van der Waals surface area contributed by atoms with Crippen molar-refractivity contribution in [3.05, 3.63) is 37.1 Å². The molecule has 0 amide bonds. The summed E-state index contributed by atoms with van der Waals surface area (Å²) in [5, 5.41) is 13.6. The summed E-state index contributed by atoms with van der Waals surface area (Å²) >= 11 is 0. The molecule has 116 valence electrons. The SMILES string of the molecule is N#CCC(C1CCNC1)n1ccc(-c2ncnc3[nH]ccc23)c1. The Kier molecular flexibility index (Phi) is 3.56. The van der Waals surface area contributed by atoms with Crippen molar-refractivity contribution < 1.29 is 0 Å². The average Bonchev–Trinajstić information content (AvgIpc) is 3.32. The van der Waals surface area contributed by atoms with Gasteiger partial charge in [0.05, 0.1) is 24.2 Å². The van der Waals surface area contributed by atoms with Crippen LogP contribution in [0.5, 0.6) is 0 Å². The van der Waals surface area contributed by atoms with Crippen LogP contribution in [0.25, 0.3) is 22.3 Å². The van der Waals surface area contributed by atoms with Crippen molar-refractivity contribution in [2.75, 3.05) is 13.1 Å². The molecule has 3 aromatic heterocycles. The molecule has 6 heteroatoms. The van der Waals surface area contributed by atoms with Crippen molar-refractivity contribution in [2.24, 2.45) is 5.92 Å². The molecule has 1 aliphatic rings. The third-order valence-corrected chi connectivity index (χ3v) is 4.67. The minimum Gasteiger partial charge on any atom is -0.349 e. The maximum atomic E-state index is 9.19. The van der Waals surface area contributed by atoms with E-state index >= 15 is 0 Å². The van der Waals surface area contributed by atoms with Gasteiger partial charge in [0, 0.05) is 36.1 Å². The molecule has 1 aliphatic heterocycles. The van der Waals surface area contributed by atoms with Crippen LogP contribution in [0.3, 0.4) is 0 Å². The Morgan fingerprint density at radius 3 is 3.17 bits per heavy atom. The van der Waals surface area contributed by atoms with Crippen molar-refractivity contribution in [3.8, 4) is 17.3 Å². The maximum Gasteiger partial charge on any atom is 0.141 e. The number of rotatable bonds is 4. The fraction of sp³-hybridized carbons (Fsp3) is 0.353. The van der Waals surface area contributed by atoms with Gasteiger partial charge in [-0.05, 0) is 31.0 Å². The number of aromatic amines is 1. The highest BCUT2D eigenvalue weighted by Gasteiger charge is 2.26. The van der Waals surface area contributed by atoms with Crippen LogP contribution < -0.4 is 5.32 Å². The summed E-state index contributed by atoms with van der Waals surface area (Å²) in [6, 6.07) is 6.62. The molecule has 3 aromatic rings. The smallest absolute Gasteiger partial charge is 0.141 e. The standard InChI is InChI=1S/C17H18N6/c18-5-1-15(12-2-6-19-9-12)23-8-4-13(10-23)16-14-3-7-20-17(14)22-11-21-16/h3-4,7-8,10-12,15,19H,1-2,6,9H2,(H,20,21,22). The van der Waals surface area contributed by atoms with Crippen LogP contribution in [0.4, 0.5) is 0 Å². The first-order chi connectivity index (χ1) is 11.4. The van der Waals surface area contributed by atoms with Gasteiger partial charge in [-0.25, -0.2) is 9.97 Å². The van der Waals surface area contributed by atoms with Crippen LogP contribution in [0.1, 0.15) is 18.9 Å². The van der Waals surface area contributed by atoms with Gasteiger partial charge in [0.2, 0.25) is 0 Å². The van der Waals surface area contributed by atoms with Crippen LogP contribution in [-0.4, -0.2) is 32.6 Å². The lowest BCUT2D eigenvalue weighted by Crippen LogP contribution is -2.20. The summed E-state index contributed by atoms with van der Waals surface area (Å²) in [5.74, 6) is 0.507. The van der Waals surface area contributed by atoms with Crippen molar-refractivity contribution in [1.29, 1.82) is 5.26 Å². The molecule has 2 unspecified atom stereocenters. The Morgan fingerprint density at radius 2 is 2.35 bits per heavy atom. The molecule has 1 fully saturated rings. The van der Waals surface area contributed by atoms with E-state index in [0.29, 0.717) is 12.3 Å². The normalized spacial score (nSPS) is 19.0. The summed E-state index contributed by atoms with van der Waals surface area (Å²) in [4.78, 5) is 11.8. The number of hydrogen-bond acceptors (Lipinski definition) is 4. The van der Waals surface area contributed by atoms with Gasteiger partial charge in [-0.15, -0.1) is 0 Å². The number of aromatic nitrogens is 4. The van der Waals surface area contributed by atoms with E-state index in [-0.39, 0.29) is 6.04 Å². The fourth-order valence-corrected chi connectivity index (χ4v) is 3.48. The fourth-order valence-electron chi connectivity index (χ4n) is 3.48. The summed E-state index contributed by atoms with van der Waals surface area (Å²) in [7, 11) is 0. The molecule has 0 saturated carbocycles. The lowest BCUT2D eigenvalue weighted by molar-refractivity contribution is 0.357. The van der Waals surface area contributed by atoms with Crippen LogP contribution in [-0.2, 0) is 0 Å². The number of nitrogens with zero attached hydrogens (tertiary/aromatic N) is 4. The second-order valence-electron chi connectivity index (χ2n) is 5.99. The van der Waals surface area contributed by atoms with Crippen molar-refractivity contribution in [3.63, 3.8) is 0 Å². The second kappa shape index (κ2) is 5.86. The topological polar surface area (TPSA) is 82.3 Å². The highest BCUT2D eigenvalue weighted by molar-refractivity contribution is 5.90. The van der Waals surface area contributed by atoms with Gasteiger partial charge in [0.15, 0.2) is 0 Å². The molecule has 23 heavy (non-hydrogen) atoms. The first kappa shape index (κ1) is 14.0. The molecule has 2 N–H and O–H groups in total. The van der Waals surface area contributed by atoms with Gasteiger partial charge in [-0.2, -0.15) is 5.26 Å². The van der Waals surface area contributed by atoms with Crippen molar-refractivity contribution in [1.82, 2.24) is 24.8 Å². The predicted octanol–water partition coefficient (Wildman–Crippen LogP) is 2.49. The zero-order chi connectivity index (χ0) is 15.6. The molecule has 0 aromatic carbocycles. The Labute approximate surface area is 134 Å². The monoisotopic (exact) mass is 306 g/mol. The summed E-state index contributed by atoms with van der Waals surface area (Å²) < 4.78 is 2.18. The first-order valence-electron chi connectivity index (χ1n) is 7.90. The van der Waals surface area contributed by atoms with Crippen LogP contribution in [0.2, 0.25) is 0 Å². The second-order valence-corrected chi connectivity index (χ2v) is 5.99. The molecule has 0 radical (unpaired) electrons. The van der Waals surface area contributed by atoms with Gasteiger partial charge in [-0.3, -0.25) is 0 Å². The number of nitriles is 1. The van der Waals surface area contributed by atoms with Gasteiger partial charge < -0.3 is 14.9 Å². The van der Waals surface area contributed by atoms with E-state index < -0.39 is 0 Å². The molecule has 2 atom stereocenters. The Morgan fingerprint density at radius 1 is 1.39 bits per heavy atom. The van der Waals surface area contributed by atoms with Gasteiger partial charge in [0.1, 0.15) is 12.0 Å². The minimum absolute atomic E-state index is 0.215. The zero-order valence-corrected chi connectivity index (χ0v) is 12.7. The third kappa shape index (κ3) is 2.49. The van der Waals surface area contributed by atoms with Crippen LogP contribution in [0, 0.1) is 17.2 Å². The molecule has 4 heterocycles. The lowest BCUT2D eigenvalue weighted by atomic mass is 9.96. The van der Waals surface area contributed by atoms with Gasteiger partial charge >= 0.3 is 0 Å². The summed E-state index contributed by atoms with van der Waals surface area (Å²) in [6.45, 7) is 2.02. The van der Waals surface area contributed by atoms with Crippen LogP contribution in [0.15, 0.2) is 37.1 Å². The van der Waals surface area contributed by atoms with E-state index in [2.05, 4.69) is 49.4 Å². The minimum atomic E-state index is 0.215. The molecular formula is C17H18N6. The van der Waals surface area contributed by atoms with Gasteiger partial charge in [0.25, 0.3) is 0 Å². The van der Waals surface area contributed by atoms with E-state index in [1.807, 2.05) is 12.3 Å². The Hall–Kier alpha value is -2.65. The summed E-state index contributed by atoms with van der Waals surface area (Å²) in [6.07, 6.45) is 9.28. The number of nitrogens with one attached hydrogen (secondary N) is 2. The van der Waals surface area contributed by atoms with E-state index in [1.165, 1.54) is 0 Å². The Bertz CT molecular complexity index is 849. The molecule has 1 saturated heterocycles. The highest BCUT2D eigenvalue weighted by atomic mass is 15.0. The quantitative estimate of drug-likeness (QED) is 0.776. The van der Waals surface area contributed by atoms with E-state index in [0.717, 1.165) is 41.8 Å². The summed E-state index contributed by atoms with van der Waals surface area (Å²) in [5.41, 5.74) is 2.83. The molecule has 0 spiro atoms. The maximum absolute atomic E-state index is 9.19. The van der Waals surface area contributed by atoms with Crippen molar-refractivity contribution in [2.45, 2.75) is 18.9 Å². The molecule has 0 aliphatic carbocycles. The zero-order valence-electron chi connectivity index (χ0n) is 12.7. The predicted molar refractivity (Wildman–Crippen MR) is 87.6 cm³/mol. The molecular weight excluding hydrogens is 288 g/mol. The third-order valence-electron chi connectivity index (χ3n) is 4.67. The van der Waals surface area contributed by atoms with E-state index in [4.69, 9.17) is 0 Å². The molecule has 4 rings (SSSR count). The molecule has 0 bridgehead atoms. The molecule has 6 nitrogen and oxygen atoms in total. The number of fused-ring (bicyclic) bond motifs is 1. The van der Waals surface area contributed by atoms with E-state index in [1.54, 1.807) is 6.33 Å². The number of H-pyrrole nitrogens is 1. The number of hydrogen-bond donors (Lipinski definition) is 2. The van der Waals surface area contributed by atoms with E-state index in [9.17, 15) is 5.26 Å².